The van der Waals surface area contributed by atoms with E-state index in [1.807, 2.05) is 48.5 Å². The summed E-state index contributed by atoms with van der Waals surface area (Å²) in [7, 11) is -3.29. The van der Waals surface area contributed by atoms with Gasteiger partial charge in [0.1, 0.15) is 0 Å². The van der Waals surface area contributed by atoms with Crippen LogP contribution in [0.2, 0.25) is 5.02 Å². The molecule has 184 valence electrons. The van der Waals surface area contributed by atoms with E-state index in [-0.39, 0.29) is 0 Å². The number of aliphatic imine (C=N–C) groups is 1. The largest absolute Gasteiger partial charge is 0.401 e. The summed E-state index contributed by atoms with van der Waals surface area (Å²) in [5.41, 5.74) is 9.54. The van der Waals surface area contributed by atoms with Gasteiger partial charge in [-0.1, -0.05) is 48.7 Å². The van der Waals surface area contributed by atoms with Gasteiger partial charge >= 0.3 is 0 Å². The molecule has 5 nitrogen and oxygen atoms in total. The van der Waals surface area contributed by atoms with Crippen molar-refractivity contribution in [3.05, 3.63) is 82.3 Å². The Morgan fingerprint density at radius 3 is 2.51 bits per heavy atom. The second-order valence-corrected chi connectivity index (χ2v) is 12.3. The molecule has 0 bridgehead atoms. The number of hydrogen-bond acceptors (Lipinski definition) is 6. The molecule has 2 N–H and O–H groups in total. The van der Waals surface area contributed by atoms with Crippen molar-refractivity contribution in [3.63, 3.8) is 0 Å². The molecule has 3 aromatic rings. The Kier molecular flexibility index (Phi) is 8.44. The number of thiophene rings is 1. The number of hydrogen-bond donors (Lipinski definition) is 1. The molecule has 0 amide bonds. The molecule has 1 fully saturated rings. The quantitative estimate of drug-likeness (QED) is 0.365. The molecule has 8 heteroatoms. The number of allylic oxidation sites excluding steroid dienone is 1. The van der Waals surface area contributed by atoms with Crippen LogP contribution in [0.25, 0.3) is 10.4 Å². The fourth-order valence-corrected chi connectivity index (χ4v) is 5.92. The first-order chi connectivity index (χ1) is 16.8. The Morgan fingerprint density at radius 2 is 1.80 bits per heavy atom. The van der Waals surface area contributed by atoms with Gasteiger partial charge in [0.2, 0.25) is 0 Å². The Morgan fingerprint density at radius 1 is 1.06 bits per heavy atom. The van der Waals surface area contributed by atoms with E-state index in [0.717, 1.165) is 39.8 Å². The standard InChI is InChI=1S/C27H30ClN3O2S2/c1-35(32,33)22-10-8-9-20(17-22)26-13-14-27(34-26)25(30-24-12-5-4-11-23(24)28)18-21(29)19-31-15-6-2-3-7-16-31/h4-5,8-14,17-18H,2-3,6-7,15-16,19,29H2,1H3. The predicted molar refractivity (Wildman–Crippen MR) is 148 cm³/mol. The molecule has 2 aromatic carbocycles. The molecule has 0 saturated carbocycles. The van der Waals surface area contributed by atoms with Gasteiger partial charge in [0.25, 0.3) is 0 Å². The van der Waals surface area contributed by atoms with E-state index in [1.165, 1.54) is 31.9 Å². The Bertz CT molecular complexity index is 1340. The molecule has 1 aliphatic heterocycles. The summed E-state index contributed by atoms with van der Waals surface area (Å²) in [5.74, 6) is 0. The average molecular weight is 528 g/mol. The van der Waals surface area contributed by atoms with E-state index < -0.39 is 9.84 Å². The fraction of sp³-hybridized carbons (Fsp3) is 0.296. The first-order valence-electron chi connectivity index (χ1n) is 11.7. The molecule has 0 radical (unpaired) electrons. The van der Waals surface area contributed by atoms with E-state index in [4.69, 9.17) is 22.3 Å². The van der Waals surface area contributed by atoms with Crippen LogP contribution < -0.4 is 5.73 Å². The second kappa shape index (κ2) is 11.5. The monoisotopic (exact) mass is 527 g/mol. The zero-order chi connectivity index (χ0) is 24.8. The third-order valence-corrected chi connectivity index (χ3v) is 8.51. The average Bonchev–Trinajstić information content (AvgIpc) is 3.18. The third kappa shape index (κ3) is 7.04. The van der Waals surface area contributed by atoms with Gasteiger partial charge in [-0.2, -0.15) is 0 Å². The summed E-state index contributed by atoms with van der Waals surface area (Å²) in [6.07, 6.45) is 8.12. The Balaban J connectivity index is 1.68. The van der Waals surface area contributed by atoms with Crippen LogP contribution in [-0.2, 0) is 9.84 Å². The van der Waals surface area contributed by atoms with Crippen molar-refractivity contribution in [1.82, 2.24) is 4.90 Å². The van der Waals surface area contributed by atoms with E-state index in [2.05, 4.69) is 4.90 Å². The highest BCUT2D eigenvalue weighted by molar-refractivity contribution is 7.90. The van der Waals surface area contributed by atoms with Crippen LogP contribution >= 0.6 is 22.9 Å². The lowest BCUT2D eigenvalue weighted by Crippen LogP contribution is -2.29. The first-order valence-corrected chi connectivity index (χ1v) is 14.8. The second-order valence-electron chi connectivity index (χ2n) is 8.82. The van der Waals surface area contributed by atoms with Crippen molar-refractivity contribution >= 4 is 44.2 Å². The highest BCUT2D eigenvalue weighted by Crippen LogP contribution is 2.32. The zero-order valence-electron chi connectivity index (χ0n) is 19.8. The summed E-state index contributed by atoms with van der Waals surface area (Å²) in [6, 6.07) is 18.5. The minimum Gasteiger partial charge on any atom is -0.401 e. The molecule has 0 spiro atoms. The minimum absolute atomic E-state index is 0.302. The molecular formula is C27H30ClN3O2S2. The first kappa shape index (κ1) is 25.6. The maximum Gasteiger partial charge on any atom is 0.175 e. The maximum atomic E-state index is 12.0. The van der Waals surface area contributed by atoms with Crippen LogP contribution in [0.15, 0.2) is 82.3 Å². The van der Waals surface area contributed by atoms with Gasteiger partial charge in [0, 0.05) is 23.4 Å². The Labute approximate surface area is 216 Å². The normalized spacial score (nSPS) is 16.3. The summed E-state index contributed by atoms with van der Waals surface area (Å²) < 4.78 is 24.0. The van der Waals surface area contributed by atoms with Crippen LogP contribution in [0.4, 0.5) is 5.69 Å². The number of benzene rings is 2. The number of likely N-dealkylation sites (tertiary alicyclic amines) is 1. The Hall–Kier alpha value is -2.45. The van der Waals surface area contributed by atoms with Crippen molar-refractivity contribution in [2.45, 2.75) is 30.6 Å². The fourth-order valence-electron chi connectivity index (χ4n) is 4.12. The molecule has 1 aliphatic rings. The van der Waals surface area contributed by atoms with Gasteiger partial charge in [0.15, 0.2) is 9.84 Å². The van der Waals surface area contributed by atoms with Crippen molar-refractivity contribution in [2.24, 2.45) is 10.7 Å². The number of nitrogens with zero attached hydrogens (tertiary/aromatic N) is 2. The highest BCUT2D eigenvalue weighted by atomic mass is 35.5. The van der Waals surface area contributed by atoms with E-state index in [0.29, 0.717) is 22.2 Å². The topological polar surface area (TPSA) is 75.8 Å². The number of nitrogens with two attached hydrogens (primary N) is 1. The molecule has 1 saturated heterocycles. The number of rotatable bonds is 7. The lowest BCUT2D eigenvalue weighted by atomic mass is 10.2. The smallest absolute Gasteiger partial charge is 0.175 e. The van der Waals surface area contributed by atoms with Crippen molar-refractivity contribution in [3.8, 4) is 10.4 Å². The van der Waals surface area contributed by atoms with Crippen LogP contribution in [0, 0.1) is 0 Å². The number of halogens is 1. The van der Waals surface area contributed by atoms with Gasteiger partial charge < -0.3 is 5.73 Å². The molecular weight excluding hydrogens is 498 g/mol. The lowest BCUT2D eigenvalue weighted by molar-refractivity contribution is 0.308. The van der Waals surface area contributed by atoms with Crippen molar-refractivity contribution in [1.29, 1.82) is 0 Å². The van der Waals surface area contributed by atoms with Crippen molar-refractivity contribution in [2.75, 3.05) is 25.9 Å². The predicted octanol–water partition coefficient (Wildman–Crippen LogP) is 6.31. The van der Waals surface area contributed by atoms with Crippen molar-refractivity contribution < 1.29 is 8.42 Å². The van der Waals surface area contributed by atoms with Crippen LogP contribution in [0.5, 0.6) is 0 Å². The highest BCUT2D eigenvalue weighted by Gasteiger charge is 2.14. The van der Waals surface area contributed by atoms with Gasteiger partial charge in [-0.25, -0.2) is 13.4 Å². The lowest BCUT2D eigenvalue weighted by Gasteiger charge is -2.19. The summed E-state index contributed by atoms with van der Waals surface area (Å²) in [5, 5.41) is 0.571. The molecule has 2 heterocycles. The minimum atomic E-state index is -3.29. The summed E-state index contributed by atoms with van der Waals surface area (Å²) in [4.78, 5) is 9.46. The van der Waals surface area contributed by atoms with E-state index >= 15 is 0 Å². The molecule has 35 heavy (non-hydrogen) atoms. The van der Waals surface area contributed by atoms with Gasteiger partial charge in [-0.15, -0.1) is 11.3 Å². The SMILES string of the molecule is CS(=O)(=O)c1cccc(-c2ccc(C(C=C(N)CN3CCCCCC3)=Nc3ccccc3Cl)s2)c1. The molecule has 1 aromatic heterocycles. The molecule has 0 atom stereocenters. The van der Waals surface area contributed by atoms with Gasteiger partial charge in [-0.3, -0.25) is 4.90 Å². The molecule has 0 unspecified atom stereocenters. The summed E-state index contributed by atoms with van der Waals surface area (Å²) >= 11 is 7.95. The van der Waals surface area contributed by atoms with Crippen LogP contribution in [-0.4, -0.2) is 44.9 Å². The van der Waals surface area contributed by atoms with Crippen LogP contribution in [0.3, 0.4) is 0 Å². The van der Waals surface area contributed by atoms with Gasteiger partial charge in [0.05, 0.1) is 26.2 Å². The van der Waals surface area contributed by atoms with Crippen LogP contribution in [0.1, 0.15) is 30.6 Å². The van der Waals surface area contributed by atoms with E-state index in [1.54, 1.807) is 29.5 Å². The molecule has 0 aliphatic carbocycles. The van der Waals surface area contributed by atoms with Gasteiger partial charge in [-0.05, 0) is 74.0 Å². The number of sulfone groups is 1. The zero-order valence-corrected chi connectivity index (χ0v) is 22.2. The van der Waals surface area contributed by atoms with E-state index in [9.17, 15) is 8.42 Å². The maximum absolute atomic E-state index is 12.0. The third-order valence-electron chi connectivity index (χ3n) is 5.93. The molecule has 4 rings (SSSR count). The number of para-hydroxylation sites is 1. The summed E-state index contributed by atoms with van der Waals surface area (Å²) in [6.45, 7) is 2.83.